The second-order valence-corrected chi connectivity index (χ2v) is 14.2. The largest absolute Gasteiger partial charge is 0.320 e. The number of hydrogen-bond acceptors (Lipinski definition) is 7. The number of anilines is 2. The van der Waals surface area contributed by atoms with E-state index < -0.39 is 31.9 Å². The topological polar surface area (TPSA) is 146 Å². The molecule has 42 heavy (non-hydrogen) atoms. The second-order valence-electron chi connectivity index (χ2n) is 10.3. The number of carbonyl (C=O) groups excluding carboxylic acids is 2. The maximum absolute atomic E-state index is 13.0. The van der Waals surface area contributed by atoms with Gasteiger partial charge in [-0.3, -0.25) is 14.6 Å². The number of amides is 2. The Morgan fingerprint density at radius 2 is 0.976 bits per heavy atom. The number of pyridine rings is 1. The smallest absolute Gasteiger partial charge is 0.255 e. The van der Waals surface area contributed by atoms with E-state index in [1.165, 1.54) is 75.6 Å². The number of nitrogens with zero attached hydrogens (tertiary/aromatic N) is 3. The van der Waals surface area contributed by atoms with Crippen molar-refractivity contribution in [1.29, 1.82) is 0 Å². The predicted molar refractivity (Wildman–Crippen MR) is 158 cm³/mol. The van der Waals surface area contributed by atoms with Gasteiger partial charge in [0, 0.05) is 43.5 Å². The molecule has 2 aliphatic heterocycles. The highest BCUT2D eigenvalue weighted by atomic mass is 32.2. The zero-order valence-electron chi connectivity index (χ0n) is 23.0. The van der Waals surface area contributed by atoms with Crippen molar-refractivity contribution in [1.82, 2.24) is 13.6 Å². The first-order valence-electron chi connectivity index (χ1n) is 13.9. The number of benzene rings is 2. The third kappa shape index (κ3) is 6.54. The van der Waals surface area contributed by atoms with Crippen LogP contribution in [0, 0.1) is 0 Å². The number of hydrogen-bond donors (Lipinski definition) is 2. The summed E-state index contributed by atoms with van der Waals surface area (Å²) in [5, 5.41) is 5.44. The van der Waals surface area contributed by atoms with E-state index in [9.17, 15) is 26.4 Å². The lowest BCUT2D eigenvalue weighted by molar-refractivity contribution is 0.101. The molecule has 5 rings (SSSR count). The van der Waals surface area contributed by atoms with Crippen LogP contribution in [0.3, 0.4) is 0 Å². The summed E-state index contributed by atoms with van der Waals surface area (Å²) in [6.07, 6.45) is 8.19. The second kappa shape index (κ2) is 12.7. The zero-order chi connectivity index (χ0) is 29.7. The van der Waals surface area contributed by atoms with E-state index in [-0.39, 0.29) is 32.3 Å². The van der Waals surface area contributed by atoms with Crippen molar-refractivity contribution in [2.24, 2.45) is 0 Å². The first-order chi connectivity index (χ1) is 20.2. The van der Waals surface area contributed by atoms with Crippen LogP contribution in [-0.4, -0.2) is 68.4 Å². The van der Waals surface area contributed by atoms with Crippen LogP contribution in [0.25, 0.3) is 0 Å². The van der Waals surface area contributed by atoms with E-state index in [0.717, 1.165) is 38.5 Å². The van der Waals surface area contributed by atoms with Gasteiger partial charge in [0.05, 0.1) is 27.4 Å². The number of aromatic nitrogens is 1. The van der Waals surface area contributed by atoms with Crippen molar-refractivity contribution < 1.29 is 26.4 Å². The lowest BCUT2D eigenvalue weighted by Crippen LogP contribution is -2.35. The minimum atomic E-state index is -3.62. The van der Waals surface area contributed by atoms with E-state index in [1.807, 2.05) is 0 Å². The maximum atomic E-state index is 13.0. The number of carbonyl (C=O) groups is 2. The molecule has 2 aromatic carbocycles. The quantitative estimate of drug-likeness (QED) is 0.392. The fraction of sp³-hybridized carbons (Fsp3) is 0.345. The van der Waals surface area contributed by atoms with Gasteiger partial charge in [0.15, 0.2) is 0 Å². The van der Waals surface area contributed by atoms with Gasteiger partial charge < -0.3 is 10.6 Å². The van der Waals surface area contributed by atoms with Crippen LogP contribution in [0.1, 0.15) is 59.2 Å². The van der Waals surface area contributed by atoms with Crippen LogP contribution in [0.2, 0.25) is 0 Å². The Hall–Kier alpha value is -3.65. The Kier molecular flexibility index (Phi) is 9.02. The molecule has 0 atom stereocenters. The molecular weight excluding hydrogens is 578 g/mol. The molecule has 0 aliphatic carbocycles. The summed E-state index contributed by atoms with van der Waals surface area (Å²) in [5.74, 6) is -1.00. The third-order valence-corrected chi connectivity index (χ3v) is 11.3. The lowest BCUT2D eigenvalue weighted by atomic mass is 10.2. The van der Waals surface area contributed by atoms with Gasteiger partial charge in [0.2, 0.25) is 20.0 Å². The van der Waals surface area contributed by atoms with Crippen molar-refractivity contribution in [2.45, 2.75) is 48.3 Å². The number of nitrogens with one attached hydrogen (secondary N) is 2. The Bertz CT molecular complexity index is 1520. The maximum Gasteiger partial charge on any atom is 0.255 e. The molecule has 0 unspecified atom stereocenters. The Morgan fingerprint density at radius 3 is 1.40 bits per heavy atom. The van der Waals surface area contributed by atoms with Gasteiger partial charge in [-0.15, -0.1) is 0 Å². The van der Waals surface area contributed by atoms with Crippen molar-refractivity contribution in [2.75, 3.05) is 36.8 Å². The molecule has 2 N–H and O–H groups in total. The summed E-state index contributed by atoms with van der Waals surface area (Å²) in [6.45, 7) is 1.95. The molecule has 3 heterocycles. The molecule has 13 heteroatoms. The minimum Gasteiger partial charge on any atom is -0.320 e. The Balaban J connectivity index is 1.25. The molecule has 2 saturated heterocycles. The molecule has 222 valence electrons. The number of sulfonamides is 2. The van der Waals surface area contributed by atoms with Gasteiger partial charge >= 0.3 is 0 Å². The minimum absolute atomic E-state index is 0.130. The van der Waals surface area contributed by atoms with E-state index in [4.69, 9.17) is 0 Å². The molecule has 11 nitrogen and oxygen atoms in total. The van der Waals surface area contributed by atoms with Crippen molar-refractivity contribution in [3.05, 3.63) is 78.1 Å². The van der Waals surface area contributed by atoms with Crippen LogP contribution in [0.15, 0.2) is 76.8 Å². The van der Waals surface area contributed by atoms with Crippen LogP contribution in [0.5, 0.6) is 0 Å². The third-order valence-electron chi connectivity index (χ3n) is 7.46. The normalized spacial score (nSPS) is 17.0. The molecule has 0 spiro atoms. The molecular formula is C29H33N5O6S2. The summed E-state index contributed by atoms with van der Waals surface area (Å²) >= 11 is 0. The standard InChI is InChI=1S/C29H33N5O6S2/c35-28(22-7-11-24(12-8-22)41(37,38)33-17-3-1-4-18-33)31-26-15-16-30-21-27(26)32-29(36)23-9-13-25(14-10-23)42(39,40)34-19-5-2-6-20-34/h7-16,21H,1-6,17-20H2,(H,32,36)(H,30,31,35). The summed E-state index contributed by atoms with van der Waals surface area (Å²) in [7, 11) is -7.24. The molecule has 0 bridgehead atoms. The lowest BCUT2D eigenvalue weighted by Gasteiger charge is -2.25. The summed E-state index contributed by atoms with van der Waals surface area (Å²) in [4.78, 5) is 30.2. The Morgan fingerprint density at radius 1 is 0.571 bits per heavy atom. The Labute approximate surface area is 246 Å². The van der Waals surface area contributed by atoms with Gasteiger partial charge in [-0.1, -0.05) is 12.8 Å². The van der Waals surface area contributed by atoms with Gasteiger partial charge in [-0.25, -0.2) is 16.8 Å². The molecule has 0 radical (unpaired) electrons. The van der Waals surface area contributed by atoms with Crippen molar-refractivity contribution in [3.63, 3.8) is 0 Å². The fourth-order valence-corrected chi connectivity index (χ4v) is 8.09. The molecule has 0 saturated carbocycles. The number of piperidine rings is 2. The van der Waals surface area contributed by atoms with E-state index in [2.05, 4.69) is 15.6 Å². The van der Waals surface area contributed by atoms with E-state index in [1.54, 1.807) is 0 Å². The molecule has 2 aliphatic rings. The van der Waals surface area contributed by atoms with Gasteiger partial charge in [-0.05, 0) is 80.3 Å². The van der Waals surface area contributed by atoms with Crippen LogP contribution >= 0.6 is 0 Å². The van der Waals surface area contributed by atoms with Crippen LogP contribution < -0.4 is 10.6 Å². The van der Waals surface area contributed by atoms with Gasteiger partial charge in [0.1, 0.15) is 0 Å². The van der Waals surface area contributed by atoms with Gasteiger partial charge in [0.25, 0.3) is 11.8 Å². The first kappa shape index (κ1) is 29.8. The SMILES string of the molecule is O=C(Nc1ccncc1NC(=O)c1ccc(S(=O)(=O)N2CCCCC2)cc1)c1ccc(S(=O)(=O)N2CCCCC2)cc1. The van der Waals surface area contributed by atoms with E-state index in [0.29, 0.717) is 26.2 Å². The molecule has 2 fully saturated rings. The molecule has 3 aromatic rings. The average molecular weight is 612 g/mol. The molecule has 1 aromatic heterocycles. The van der Waals surface area contributed by atoms with Crippen LogP contribution in [0.4, 0.5) is 11.4 Å². The van der Waals surface area contributed by atoms with Crippen molar-refractivity contribution in [3.8, 4) is 0 Å². The summed E-state index contributed by atoms with van der Waals surface area (Å²) in [6, 6.07) is 13.0. The van der Waals surface area contributed by atoms with Crippen molar-refractivity contribution >= 4 is 43.2 Å². The monoisotopic (exact) mass is 611 g/mol. The summed E-state index contributed by atoms with van der Waals surface area (Å²) in [5.41, 5.74) is 1.01. The summed E-state index contributed by atoms with van der Waals surface area (Å²) < 4.78 is 54.6. The highest BCUT2D eigenvalue weighted by molar-refractivity contribution is 7.89. The number of rotatable bonds is 8. The average Bonchev–Trinajstić information content (AvgIpc) is 3.03. The van der Waals surface area contributed by atoms with Gasteiger partial charge in [-0.2, -0.15) is 8.61 Å². The fourth-order valence-electron chi connectivity index (χ4n) is 5.06. The van der Waals surface area contributed by atoms with E-state index >= 15 is 0 Å². The highest BCUT2D eigenvalue weighted by Crippen LogP contribution is 2.25. The van der Waals surface area contributed by atoms with Crippen LogP contribution in [-0.2, 0) is 20.0 Å². The first-order valence-corrected chi connectivity index (χ1v) is 16.8. The predicted octanol–water partition coefficient (Wildman–Crippen LogP) is 3.94. The molecule has 2 amide bonds. The zero-order valence-corrected chi connectivity index (χ0v) is 24.7. The highest BCUT2D eigenvalue weighted by Gasteiger charge is 2.27.